The lowest BCUT2D eigenvalue weighted by molar-refractivity contribution is -0.157. The van der Waals surface area contributed by atoms with Crippen molar-refractivity contribution in [1.82, 2.24) is 0 Å². The summed E-state index contributed by atoms with van der Waals surface area (Å²) in [5, 5.41) is 0. The zero-order chi connectivity index (χ0) is 14.3. The molecule has 0 aromatic carbocycles. The van der Waals surface area contributed by atoms with Crippen LogP contribution in [-0.4, -0.2) is 25.8 Å². The largest absolute Gasteiger partial charge is 0.462 e. The summed E-state index contributed by atoms with van der Waals surface area (Å²) < 4.78 is 10.6. The molecule has 0 aromatic rings. The molecule has 1 aliphatic rings. The van der Waals surface area contributed by atoms with Crippen LogP contribution in [0.1, 0.15) is 59.3 Å². The van der Waals surface area contributed by atoms with Gasteiger partial charge in [-0.1, -0.05) is 52.9 Å². The predicted octanol–water partition coefficient (Wildman–Crippen LogP) is 3.81. The third-order valence-corrected chi connectivity index (χ3v) is 4.35. The molecule has 0 radical (unpaired) electrons. The first kappa shape index (κ1) is 16.5. The molecule has 1 fully saturated rings. The normalized spacial score (nSPS) is 20.3. The minimum Gasteiger partial charge on any atom is -0.462 e. The summed E-state index contributed by atoms with van der Waals surface area (Å²) in [6, 6.07) is 0. The minimum atomic E-state index is -0.122. The van der Waals surface area contributed by atoms with Crippen LogP contribution in [0.4, 0.5) is 0 Å². The Balaban J connectivity index is 2.52. The molecular formula is C16H30O3. The molecule has 0 spiro atoms. The van der Waals surface area contributed by atoms with Crippen molar-refractivity contribution in [2.75, 3.05) is 13.7 Å². The first-order chi connectivity index (χ1) is 9.06. The smallest absolute Gasteiger partial charge is 0.308 e. The van der Waals surface area contributed by atoms with Crippen molar-refractivity contribution in [3.63, 3.8) is 0 Å². The van der Waals surface area contributed by atoms with Crippen LogP contribution in [0.5, 0.6) is 0 Å². The number of methoxy groups -OCH3 is 1. The highest BCUT2D eigenvalue weighted by Gasteiger charge is 2.31. The minimum absolute atomic E-state index is 0.0486. The van der Waals surface area contributed by atoms with E-state index in [2.05, 4.69) is 20.8 Å². The Kier molecular flexibility index (Phi) is 7.44. The number of carbonyl (C=O) groups is 1. The van der Waals surface area contributed by atoms with Crippen molar-refractivity contribution in [3.8, 4) is 0 Å². The van der Waals surface area contributed by atoms with E-state index in [1.165, 1.54) is 32.1 Å². The Morgan fingerprint density at radius 1 is 1.16 bits per heavy atom. The van der Waals surface area contributed by atoms with E-state index >= 15 is 0 Å². The molecule has 3 nitrogen and oxygen atoms in total. The first-order valence-corrected chi connectivity index (χ1v) is 7.74. The highest BCUT2D eigenvalue weighted by molar-refractivity contribution is 5.69. The summed E-state index contributed by atoms with van der Waals surface area (Å²) in [5.41, 5.74) is 0. The maximum Gasteiger partial charge on any atom is 0.308 e. The first-order valence-electron chi connectivity index (χ1n) is 7.74. The molecule has 0 heterocycles. The van der Waals surface area contributed by atoms with E-state index in [4.69, 9.17) is 9.47 Å². The van der Waals surface area contributed by atoms with Crippen molar-refractivity contribution in [3.05, 3.63) is 0 Å². The molecule has 3 heteroatoms. The van der Waals surface area contributed by atoms with Crippen LogP contribution in [-0.2, 0) is 14.3 Å². The number of ether oxygens (including phenoxy) is 2. The van der Waals surface area contributed by atoms with E-state index in [0.29, 0.717) is 24.9 Å². The molecule has 0 aromatic heterocycles. The number of carbonyl (C=O) groups excluding carboxylic acids is 1. The lowest BCUT2D eigenvalue weighted by Gasteiger charge is -2.35. The standard InChI is InChI=1S/C16H30O3/c1-12(2)16(19-15(17)10-11-18-4)13(3)14-8-6-5-7-9-14/h12-14,16H,5-11H2,1-4H3. The number of hydrogen-bond acceptors (Lipinski definition) is 3. The lowest BCUT2D eigenvalue weighted by Crippen LogP contribution is -2.35. The average Bonchev–Trinajstić information content (AvgIpc) is 2.42. The Morgan fingerprint density at radius 2 is 1.79 bits per heavy atom. The Bertz CT molecular complexity index is 257. The summed E-state index contributed by atoms with van der Waals surface area (Å²) in [7, 11) is 1.61. The van der Waals surface area contributed by atoms with E-state index in [1.807, 2.05) is 0 Å². The van der Waals surface area contributed by atoms with Gasteiger partial charge in [-0.2, -0.15) is 0 Å². The lowest BCUT2D eigenvalue weighted by atomic mass is 9.76. The Morgan fingerprint density at radius 3 is 2.32 bits per heavy atom. The van der Waals surface area contributed by atoms with E-state index in [0.717, 1.165) is 5.92 Å². The maximum atomic E-state index is 11.8. The van der Waals surface area contributed by atoms with Gasteiger partial charge in [0.15, 0.2) is 0 Å². The van der Waals surface area contributed by atoms with E-state index < -0.39 is 0 Å². The maximum absolute atomic E-state index is 11.8. The molecule has 112 valence electrons. The van der Waals surface area contributed by atoms with Crippen LogP contribution in [0.3, 0.4) is 0 Å². The van der Waals surface area contributed by atoms with Gasteiger partial charge in [0, 0.05) is 7.11 Å². The molecule has 1 rings (SSSR count). The van der Waals surface area contributed by atoms with Crippen LogP contribution in [0.25, 0.3) is 0 Å². The monoisotopic (exact) mass is 270 g/mol. The van der Waals surface area contributed by atoms with Gasteiger partial charge in [0.05, 0.1) is 13.0 Å². The van der Waals surface area contributed by atoms with Crippen LogP contribution >= 0.6 is 0 Å². The van der Waals surface area contributed by atoms with Gasteiger partial charge in [-0.15, -0.1) is 0 Å². The van der Waals surface area contributed by atoms with Crippen molar-refractivity contribution >= 4 is 5.97 Å². The highest BCUT2D eigenvalue weighted by Crippen LogP contribution is 2.34. The summed E-state index contributed by atoms with van der Waals surface area (Å²) >= 11 is 0. The molecule has 1 aliphatic carbocycles. The molecule has 0 bridgehead atoms. The van der Waals surface area contributed by atoms with Crippen molar-refractivity contribution in [2.24, 2.45) is 17.8 Å². The molecule has 2 atom stereocenters. The fourth-order valence-corrected chi connectivity index (χ4v) is 3.17. The SMILES string of the molecule is COCCC(=O)OC(C(C)C)C(C)C1CCCCC1. The zero-order valence-corrected chi connectivity index (χ0v) is 13.0. The van der Waals surface area contributed by atoms with Crippen LogP contribution < -0.4 is 0 Å². The topological polar surface area (TPSA) is 35.5 Å². The summed E-state index contributed by atoms with van der Waals surface area (Å²) in [5.74, 6) is 1.44. The second kappa shape index (κ2) is 8.57. The number of esters is 1. The Hall–Kier alpha value is -0.570. The molecule has 0 aliphatic heterocycles. The zero-order valence-electron chi connectivity index (χ0n) is 13.0. The molecule has 1 saturated carbocycles. The average molecular weight is 270 g/mol. The van der Waals surface area contributed by atoms with Crippen LogP contribution in [0, 0.1) is 17.8 Å². The van der Waals surface area contributed by atoms with Gasteiger partial charge < -0.3 is 9.47 Å². The van der Waals surface area contributed by atoms with Gasteiger partial charge in [-0.3, -0.25) is 4.79 Å². The van der Waals surface area contributed by atoms with E-state index in [1.54, 1.807) is 7.11 Å². The third-order valence-electron chi connectivity index (χ3n) is 4.35. The number of rotatable bonds is 7. The fraction of sp³-hybridized carbons (Fsp3) is 0.938. The fourth-order valence-electron chi connectivity index (χ4n) is 3.17. The van der Waals surface area contributed by atoms with Crippen LogP contribution in [0.2, 0.25) is 0 Å². The van der Waals surface area contributed by atoms with Crippen molar-refractivity contribution in [1.29, 1.82) is 0 Å². The van der Waals surface area contributed by atoms with E-state index in [9.17, 15) is 4.79 Å². The van der Waals surface area contributed by atoms with E-state index in [-0.39, 0.29) is 12.1 Å². The molecule has 2 unspecified atom stereocenters. The van der Waals surface area contributed by atoms with Crippen LogP contribution in [0.15, 0.2) is 0 Å². The number of hydrogen-bond donors (Lipinski definition) is 0. The van der Waals surface area contributed by atoms with Gasteiger partial charge in [0.2, 0.25) is 0 Å². The molecular weight excluding hydrogens is 240 g/mol. The van der Waals surface area contributed by atoms with Gasteiger partial charge >= 0.3 is 5.97 Å². The molecule has 0 saturated heterocycles. The van der Waals surface area contributed by atoms with Crippen molar-refractivity contribution < 1.29 is 14.3 Å². The molecule has 19 heavy (non-hydrogen) atoms. The Labute approximate surface area is 118 Å². The third kappa shape index (κ3) is 5.52. The summed E-state index contributed by atoms with van der Waals surface area (Å²) in [6.07, 6.45) is 7.02. The second-order valence-corrected chi connectivity index (χ2v) is 6.20. The summed E-state index contributed by atoms with van der Waals surface area (Å²) in [6.45, 7) is 6.99. The summed E-state index contributed by atoms with van der Waals surface area (Å²) in [4.78, 5) is 11.8. The molecule has 0 N–H and O–H groups in total. The van der Waals surface area contributed by atoms with Gasteiger partial charge in [-0.25, -0.2) is 0 Å². The quantitative estimate of drug-likeness (QED) is 0.660. The highest BCUT2D eigenvalue weighted by atomic mass is 16.5. The van der Waals surface area contributed by atoms with Gasteiger partial charge in [0.25, 0.3) is 0 Å². The predicted molar refractivity (Wildman–Crippen MR) is 77.0 cm³/mol. The molecule has 0 amide bonds. The van der Waals surface area contributed by atoms with Crippen molar-refractivity contribution in [2.45, 2.75) is 65.4 Å². The van der Waals surface area contributed by atoms with Gasteiger partial charge in [-0.05, 0) is 17.8 Å². The second-order valence-electron chi connectivity index (χ2n) is 6.20. The van der Waals surface area contributed by atoms with Gasteiger partial charge in [0.1, 0.15) is 6.10 Å².